The monoisotopic (exact) mass is 438 g/mol. The maximum Gasteiger partial charge on any atom is 0.233 e. The van der Waals surface area contributed by atoms with Gasteiger partial charge in [0.2, 0.25) is 5.88 Å². The van der Waals surface area contributed by atoms with E-state index in [1.165, 1.54) is 5.56 Å². The van der Waals surface area contributed by atoms with E-state index >= 15 is 0 Å². The van der Waals surface area contributed by atoms with E-state index < -0.39 is 6.10 Å². The first-order chi connectivity index (χ1) is 13.1. The molecule has 1 aliphatic heterocycles. The summed E-state index contributed by atoms with van der Waals surface area (Å²) >= 11 is 0. The number of aliphatic hydroxyl groups excluding tert-OH is 1. The smallest absolute Gasteiger partial charge is 0.233 e. The minimum Gasteiger partial charge on any atom is -0.474 e. The van der Waals surface area contributed by atoms with Gasteiger partial charge >= 0.3 is 0 Å². The summed E-state index contributed by atoms with van der Waals surface area (Å²) in [5.41, 5.74) is 3.62. The summed E-state index contributed by atoms with van der Waals surface area (Å²) in [5.74, 6) is 0.291. The summed E-state index contributed by atoms with van der Waals surface area (Å²) in [5, 5.41) is 23.0. The summed E-state index contributed by atoms with van der Waals surface area (Å²) in [6, 6.07) is 12.8. The molecule has 0 aliphatic carbocycles. The molecule has 0 bridgehead atoms. The fourth-order valence-electron chi connectivity index (χ4n) is 3.21. The van der Waals surface area contributed by atoms with Gasteiger partial charge in [-0.05, 0) is 17.5 Å². The number of aliphatic hydroxyl groups is 1. The molecule has 1 atom stereocenters. The number of halogens is 2. The van der Waals surface area contributed by atoms with E-state index in [0.717, 1.165) is 30.8 Å². The normalized spacial score (nSPS) is 13.1. The number of pyridine rings is 1. The van der Waals surface area contributed by atoms with Gasteiger partial charge in [0, 0.05) is 31.9 Å². The van der Waals surface area contributed by atoms with Crippen LogP contribution in [0.15, 0.2) is 36.5 Å². The number of ether oxygens (including phenoxy) is 1. The van der Waals surface area contributed by atoms with Crippen molar-refractivity contribution in [3.05, 3.63) is 53.2 Å². The number of anilines is 1. The molecule has 0 fully saturated rings. The first kappa shape index (κ1) is 25.0. The van der Waals surface area contributed by atoms with E-state index in [0.29, 0.717) is 24.0 Å². The molecule has 0 spiro atoms. The lowest BCUT2D eigenvalue weighted by molar-refractivity contribution is 0.102. The SMILES string of the molecule is CC(C)NCC(O)COc1ncc2c(c1C#N)N(Cc1ccccc1)CC2.Cl.Cl. The molecule has 2 N–H and O–H groups in total. The zero-order valence-corrected chi connectivity index (χ0v) is 18.3. The van der Waals surface area contributed by atoms with Gasteiger partial charge in [-0.1, -0.05) is 44.2 Å². The second-order valence-electron chi connectivity index (χ2n) is 7.11. The van der Waals surface area contributed by atoms with Crippen molar-refractivity contribution in [2.24, 2.45) is 0 Å². The molecule has 1 aromatic carbocycles. The maximum absolute atomic E-state index is 10.1. The summed E-state index contributed by atoms with van der Waals surface area (Å²) in [6.07, 6.45) is 2.00. The van der Waals surface area contributed by atoms with Crippen LogP contribution in [0.25, 0.3) is 0 Å². The van der Waals surface area contributed by atoms with Gasteiger partial charge in [-0.15, -0.1) is 24.8 Å². The highest BCUT2D eigenvalue weighted by Crippen LogP contribution is 2.36. The molecule has 0 radical (unpaired) electrons. The highest BCUT2D eigenvalue weighted by Gasteiger charge is 2.26. The summed E-state index contributed by atoms with van der Waals surface area (Å²) in [7, 11) is 0. The van der Waals surface area contributed by atoms with Crippen LogP contribution in [0.5, 0.6) is 5.88 Å². The fourth-order valence-corrected chi connectivity index (χ4v) is 3.21. The van der Waals surface area contributed by atoms with E-state index in [1.807, 2.05) is 32.0 Å². The molecule has 0 amide bonds. The van der Waals surface area contributed by atoms with E-state index in [-0.39, 0.29) is 31.4 Å². The average Bonchev–Trinajstić information content (AvgIpc) is 3.08. The lowest BCUT2D eigenvalue weighted by Crippen LogP contribution is -2.35. The van der Waals surface area contributed by atoms with Crippen molar-refractivity contribution in [1.82, 2.24) is 10.3 Å². The predicted octanol–water partition coefficient (Wildman–Crippen LogP) is 3.10. The van der Waals surface area contributed by atoms with Crippen LogP contribution < -0.4 is 15.0 Å². The Hall–Kier alpha value is -2.04. The number of hydrogen-bond acceptors (Lipinski definition) is 6. The number of fused-ring (bicyclic) bond motifs is 1. The fraction of sp³-hybridized carbons (Fsp3) is 0.429. The second-order valence-corrected chi connectivity index (χ2v) is 7.11. The standard InChI is InChI=1S/C21H26N4O2.2ClH/c1-15(2)23-12-18(26)14-27-21-19(10-22)20-17(11-24-21)8-9-25(20)13-16-6-4-3-5-7-16;;/h3-7,11,15,18,23,26H,8-9,12-14H2,1-2H3;2*1H. The molecule has 1 aliphatic rings. The third kappa shape index (κ3) is 6.48. The van der Waals surface area contributed by atoms with Gasteiger partial charge in [-0.25, -0.2) is 4.98 Å². The maximum atomic E-state index is 10.1. The quantitative estimate of drug-likeness (QED) is 0.658. The molecule has 0 saturated heterocycles. The van der Waals surface area contributed by atoms with Crippen LogP contribution in [0.2, 0.25) is 0 Å². The number of nitrogens with zero attached hydrogens (tertiary/aromatic N) is 3. The van der Waals surface area contributed by atoms with E-state index in [9.17, 15) is 10.4 Å². The Balaban J connectivity index is 0.00000210. The number of hydrogen-bond donors (Lipinski definition) is 2. The molecule has 158 valence electrons. The Kier molecular flexibility index (Phi) is 10.2. The first-order valence-electron chi connectivity index (χ1n) is 9.33. The molecule has 1 unspecified atom stereocenters. The second kappa shape index (κ2) is 11.8. The number of nitrogens with one attached hydrogen (secondary N) is 1. The number of rotatable bonds is 8. The predicted molar refractivity (Wildman–Crippen MR) is 119 cm³/mol. The summed E-state index contributed by atoms with van der Waals surface area (Å²) in [6.45, 7) is 6.16. The largest absolute Gasteiger partial charge is 0.474 e. The highest BCUT2D eigenvalue weighted by atomic mass is 35.5. The number of nitriles is 1. The molecular formula is C21H28Cl2N4O2. The molecule has 3 rings (SSSR count). The Morgan fingerprint density at radius 2 is 2.00 bits per heavy atom. The lowest BCUT2D eigenvalue weighted by atomic mass is 10.1. The van der Waals surface area contributed by atoms with Crippen molar-refractivity contribution in [2.45, 2.75) is 39.0 Å². The molecule has 1 aromatic heterocycles. The van der Waals surface area contributed by atoms with Gasteiger partial charge in [0.15, 0.2) is 0 Å². The zero-order chi connectivity index (χ0) is 19.2. The number of benzene rings is 1. The van der Waals surface area contributed by atoms with Gasteiger partial charge in [0.1, 0.15) is 24.3 Å². The van der Waals surface area contributed by atoms with Crippen LogP contribution in [0.1, 0.15) is 30.5 Å². The summed E-state index contributed by atoms with van der Waals surface area (Å²) in [4.78, 5) is 6.53. The topological polar surface area (TPSA) is 81.4 Å². The van der Waals surface area contributed by atoms with Crippen molar-refractivity contribution in [3.63, 3.8) is 0 Å². The highest BCUT2D eigenvalue weighted by molar-refractivity contribution is 5.85. The van der Waals surface area contributed by atoms with Crippen LogP contribution >= 0.6 is 24.8 Å². The van der Waals surface area contributed by atoms with Crippen molar-refractivity contribution in [1.29, 1.82) is 5.26 Å². The van der Waals surface area contributed by atoms with Crippen molar-refractivity contribution < 1.29 is 9.84 Å². The van der Waals surface area contributed by atoms with Crippen molar-refractivity contribution >= 4 is 30.5 Å². The van der Waals surface area contributed by atoms with Gasteiger partial charge in [-0.2, -0.15) is 5.26 Å². The van der Waals surface area contributed by atoms with Crippen LogP contribution in [0.3, 0.4) is 0 Å². The Morgan fingerprint density at radius 1 is 1.28 bits per heavy atom. The Morgan fingerprint density at radius 3 is 2.66 bits per heavy atom. The summed E-state index contributed by atoms with van der Waals surface area (Å²) < 4.78 is 5.70. The lowest BCUT2D eigenvalue weighted by Gasteiger charge is -2.22. The van der Waals surface area contributed by atoms with Crippen LogP contribution in [0, 0.1) is 11.3 Å². The van der Waals surface area contributed by atoms with Gasteiger partial charge in [-0.3, -0.25) is 0 Å². The van der Waals surface area contributed by atoms with E-state index in [1.54, 1.807) is 6.20 Å². The van der Waals surface area contributed by atoms with Gasteiger partial charge in [0.05, 0.1) is 5.69 Å². The minimum atomic E-state index is -0.658. The third-order valence-corrected chi connectivity index (χ3v) is 4.56. The average molecular weight is 439 g/mol. The third-order valence-electron chi connectivity index (χ3n) is 4.56. The molecule has 0 saturated carbocycles. The van der Waals surface area contributed by atoms with Crippen LogP contribution in [-0.4, -0.2) is 41.9 Å². The zero-order valence-electron chi connectivity index (χ0n) is 16.7. The van der Waals surface area contributed by atoms with Crippen molar-refractivity contribution in [3.8, 4) is 11.9 Å². The molecule has 29 heavy (non-hydrogen) atoms. The van der Waals surface area contributed by atoms with E-state index in [2.05, 4.69) is 33.4 Å². The van der Waals surface area contributed by atoms with Gasteiger partial charge in [0.25, 0.3) is 0 Å². The molecule has 6 nitrogen and oxygen atoms in total. The number of aromatic nitrogens is 1. The van der Waals surface area contributed by atoms with Crippen LogP contribution in [0.4, 0.5) is 5.69 Å². The van der Waals surface area contributed by atoms with Crippen LogP contribution in [-0.2, 0) is 13.0 Å². The molecular weight excluding hydrogens is 411 g/mol. The molecule has 2 aromatic rings. The van der Waals surface area contributed by atoms with Crippen molar-refractivity contribution in [2.75, 3.05) is 24.6 Å². The first-order valence-corrected chi connectivity index (χ1v) is 9.33. The minimum absolute atomic E-state index is 0. The Bertz CT molecular complexity index is 812. The Labute approximate surface area is 184 Å². The van der Waals surface area contributed by atoms with E-state index in [4.69, 9.17) is 4.74 Å². The molecule has 8 heteroatoms. The molecule has 2 heterocycles. The van der Waals surface area contributed by atoms with Gasteiger partial charge < -0.3 is 20.1 Å².